The first-order valence-electron chi connectivity index (χ1n) is 6.09. The molecular weight excluding hydrogens is 190 g/mol. The third-order valence-electron chi connectivity index (χ3n) is 3.35. The van der Waals surface area contributed by atoms with E-state index in [0.29, 0.717) is 4.75 Å². The minimum atomic E-state index is 0.616. The van der Waals surface area contributed by atoms with Crippen molar-refractivity contribution in [2.45, 2.75) is 56.6 Å². The number of rotatable bonds is 8. The van der Waals surface area contributed by atoms with Crippen LogP contribution in [0.2, 0.25) is 0 Å². The van der Waals surface area contributed by atoms with E-state index in [9.17, 15) is 0 Å². The van der Waals surface area contributed by atoms with Crippen LogP contribution in [0.25, 0.3) is 0 Å². The molecule has 0 aliphatic heterocycles. The number of unbranched alkanes of at least 4 members (excludes halogenated alkanes) is 3. The van der Waals surface area contributed by atoms with Crippen LogP contribution in [0.5, 0.6) is 0 Å². The molecule has 0 bridgehead atoms. The zero-order chi connectivity index (χ0) is 10.3. The summed E-state index contributed by atoms with van der Waals surface area (Å²) >= 11 is 2.06. The summed E-state index contributed by atoms with van der Waals surface area (Å²) in [7, 11) is 0. The van der Waals surface area contributed by atoms with Gasteiger partial charge >= 0.3 is 0 Å². The highest BCUT2D eigenvalue weighted by Gasteiger charge is 2.35. The fourth-order valence-electron chi connectivity index (χ4n) is 2.02. The van der Waals surface area contributed by atoms with Gasteiger partial charge in [0, 0.05) is 11.3 Å². The van der Waals surface area contributed by atoms with Crippen LogP contribution in [-0.4, -0.2) is 24.1 Å². The Bertz CT molecular complexity index is 138. The van der Waals surface area contributed by atoms with E-state index in [4.69, 9.17) is 0 Å². The standard InChI is InChI=1S/C12H25NS/c1-3-4-5-6-10-13-11-12(14-2)8-7-9-12/h13H,3-11H2,1-2H3. The fourth-order valence-corrected chi connectivity index (χ4v) is 2.96. The third-order valence-corrected chi connectivity index (χ3v) is 4.77. The summed E-state index contributed by atoms with van der Waals surface area (Å²) in [5.74, 6) is 0. The minimum Gasteiger partial charge on any atom is -0.315 e. The summed E-state index contributed by atoms with van der Waals surface area (Å²) in [5, 5.41) is 3.62. The van der Waals surface area contributed by atoms with Crippen molar-refractivity contribution in [1.82, 2.24) is 5.32 Å². The lowest BCUT2D eigenvalue weighted by molar-refractivity contribution is 0.345. The Morgan fingerprint density at radius 2 is 2.00 bits per heavy atom. The van der Waals surface area contributed by atoms with Gasteiger partial charge in [-0.2, -0.15) is 11.8 Å². The first-order valence-corrected chi connectivity index (χ1v) is 7.31. The van der Waals surface area contributed by atoms with Crippen molar-refractivity contribution < 1.29 is 0 Å². The molecule has 0 aromatic carbocycles. The van der Waals surface area contributed by atoms with E-state index >= 15 is 0 Å². The maximum absolute atomic E-state index is 3.62. The van der Waals surface area contributed by atoms with Gasteiger partial charge in [0.2, 0.25) is 0 Å². The average Bonchev–Trinajstić information content (AvgIpc) is 2.15. The van der Waals surface area contributed by atoms with Gasteiger partial charge < -0.3 is 5.32 Å². The van der Waals surface area contributed by atoms with Gasteiger partial charge in [-0.25, -0.2) is 0 Å². The molecule has 0 radical (unpaired) electrons. The van der Waals surface area contributed by atoms with Crippen molar-refractivity contribution in [2.24, 2.45) is 0 Å². The molecule has 84 valence electrons. The van der Waals surface area contributed by atoms with E-state index in [2.05, 4.69) is 30.3 Å². The lowest BCUT2D eigenvalue weighted by Gasteiger charge is -2.40. The Morgan fingerprint density at radius 1 is 1.21 bits per heavy atom. The molecule has 2 heteroatoms. The second-order valence-electron chi connectivity index (χ2n) is 4.48. The molecule has 1 saturated carbocycles. The molecular formula is C12H25NS. The summed E-state index contributed by atoms with van der Waals surface area (Å²) < 4.78 is 0.616. The van der Waals surface area contributed by atoms with Gasteiger partial charge in [-0.05, 0) is 32.1 Å². The van der Waals surface area contributed by atoms with Gasteiger partial charge in [0.05, 0.1) is 0 Å². The highest BCUT2D eigenvalue weighted by Crippen LogP contribution is 2.42. The summed E-state index contributed by atoms with van der Waals surface area (Å²) in [4.78, 5) is 0. The van der Waals surface area contributed by atoms with Crippen molar-refractivity contribution >= 4 is 11.8 Å². The summed E-state index contributed by atoms with van der Waals surface area (Å²) in [5.41, 5.74) is 0. The van der Waals surface area contributed by atoms with Crippen molar-refractivity contribution in [3.05, 3.63) is 0 Å². The Kier molecular flexibility index (Phi) is 5.95. The average molecular weight is 215 g/mol. The summed E-state index contributed by atoms with van der Waals surface area (Å²) in [6.45, 7) is 4.73. The van der Waals surface area contributed by atoms with Gasteiger partial charge in [0.15, 0.2) is 0 Å². The van der Waals surface area contributed by atoms with Crippen LogP contribution in [0.3, 0.4) is 0 Å². The Labute approximate surface area is 93.4 Å². The first-order chi connectivity index (χ1) is 6.83. The van der Waals surface area contributed by atoms with Gasteiger partial charge in [0.1, 0.15) is 0 Å². The zero-order valence-electron chi connectivity index (χ0n) is 9.77. The van der Waals surface area contributed by atoms with Gasteiger partial charge in [-0.1, -0.05) is 32.6 Å². The van der Waals surface area contributed by atoms with E-state index in [0.717, 1.165) is 0 Å². The molecule has 1 aliphatic rings. The molecule has 0 unspecified atom stereocenters. The maximum Gasteiger partial charge on any atom is 0.0281 e. The Hall–Kier alpha value is 0.310. The SMILES string of the molecule is CCCCCCNCC1(SC)CCC1. The second-order valence-corrected chi connectivity index (χ2v) is 5.75. The van der Waals surface area contributed by atoms with Crippen LogP contribution in [0, 0.1) is 0 Å². The van der Waals surface area contributed by atoms with Crippen LogP contribution in [0.1, 0.15) is 51.9 Å². The van der Waals surface area contributed by atoms with Crippen LogP contribution < -0.4 is 5.32 Å². The molecule has 1 rings (SSSR count). The van der Waals surface area contributed by atoms with Crippen LogP contribution in [-0.2, 0) is 0 Å². The van der Waals surface area contributed by atoms with E-state index in [1.165, 1.54) is 58.0 Å². The van der Waals surface area contributed by atoms with E-state index in [1.807, 2.05) is 0 Å². The maximum atomic E-state index is 3.62. The molecule has 14 heavy (non-hydrogen) atoms. The topological polar surface area (TPSA) is 12.0 Å². The number of nitrogens with one attached hydrogen (secondary N) is 1. The van der Waals surface area contributed by atoms with Gasteiger partial charge in [0.25, 0.3) is 0 Å². The normalized spacial score (nSPS) is 19.3. The number of hydrogen-bond acceptors (Lipinski definition) is 2. The van der Waals surface area contributed by atoms with Crippen molar-refractivity contribution in [2.75, 3.05) is 19.3 Å². The van der Waals surface area contributed by atoms with Crippen LogP contribution in [0.4, 0.5) is 0 Å². The Morgan fingerprint density at radius 3 is 2.50 bits per heavy atom. The summed E-state index contributed by atoms with van der Waals surface area (Å²) in [6, 6.07) is 0. The summed E-state index contributed by atoms with van der Waals surface area (Å²) in [6.07, 6.45) is 12.1. The zero-order valence-corrected chi connectivity index (χ0v) is 10.6. The molecule has 0 saturated heterocycles. The third kappa shape index (κ3) is 3.82. The molecule has 0 atom stereocenters. The van der Waals surface area contributed by atoms with Crippen LogP contribution >= 0.6 is 11.8 Å². The molecule has 0 spiro atoms. The van der Waals surface area contributed by atoms with Crippen LogP contribution in [0.15, 0.2) is 0 Å². The van der Waals surface area contributed by atoms with E-state index in [1.54, 1.807) is 0 Å². The minimum absolute atomic E-state index is 0.616. The largest absolute Gasteiger partial charge is 0.315 e. The quantitative estimate of drug-likeness (QED) is 0.623. The van der Waals surface area contributed by atoms with Gasteiger partial charge in [-0.3, -0.25) is 0 Å². The van der Waals surface area contributed by atoms with E-state index in [-0.39, 0.29) is 0 Å². The molecule has 0 aromatic heterocycles. The molecule has 1 aliphatic carbocycles. The lowest BCUT2D eigenvalue weighted by Crippen LogP contribution is -2.43. The highest BCUT2D eigenvalue weighted by molar-refractivity contribution is 8.00. The number of hydrogen-bond donors (Lipinski definition) is 1. The number of thioether (sulfide) groups is 1. The van der Waals surface area contributed by atoms with Crippen molar-refractivity contribution in [1.29, 1.82) is 0 Å². The molecule has 0 amide bonds. The van der Waals surface area contributed by atoms with Crippen molar-refractivity contribution in [3.63, 3.8) is 0 Å². The van der Waals surface area contributed by atoms with E-state index < -0.39 is 0 Å². The molecule has 1 nitrogen and oxygen atoms in total. The highest BCUT2D eigenvalue weighted by atomic mass is 32.2. The molecule has 1 N–H and O–H groups in total. The smallest absolute Gasteiger partial charge is 0.0281 e. The van der Waals surface area contributed by atoms with Crippen molar-refractivity contribution in [3.8, 4) is 0 Å². The molecule has 0 aromatic rings. The predicted molar refractivity (Wildman–Crippen MR) is 67.1 cm³/mol. The monoisotopic (exact) mass is 215 g/mol. The fraction of sp³-hybridized carbons (Fsp3) is 1.00. The first kappa shape index (κ1) is 12.4. The predicted octanol–water partition coefficient (Wildman–Crippen LogP) is 3.44. The molecule has 0 heterocycles. The second kappa shape index (κ2) is 6.73. The lowest BCUT2D eigenvalue weighted by atomic mass is 9.84. The Balaban J connectivity index is 1.92. The van der Waals surface area contributed by atoms with Gasteiger partial charge in [-0.15, -0.1) is 0 Å². The molecule has 1 fully saturated rings.